The Bertz CT molecular complexity index is 171. The number of ether oxygens (including phenoxy) is 1. The van der Waals surface area contributed by atoms with Crippen molar-refractivity contribution in [2.45, 2.75) is 12.8 Å². The molecule has 0 spiro atoms. The van der Waals surface area contributed by atoms with E-state index in [0.29, 0.717) is 6.54 Å². The zero-order valence-electron chi connectivity index (χ0n) is 8.05. The molecule has 76 valence electrons. The molecule has 0 bridgehead atoms. The summed E-state index contributed by atoms with van der Waals surface area (Å²) in [6.07, 6.45) is 0.652. The van der Waals surface area contributed by atoms with Crippen LogP contribution in [0.2, 0.25) is 0 Å². The number of esters is 1. The van der Waals surface area contributed by atoms with Gasteiger partial charge in [0, 0.05) is 6.54 Å². The maximum atomic E-state index is 10.9. The molecule has 0 atom stereocenters. The van der Waals surface area contributed by atoms with E-state index in [-0.39, 0.29) is 12.3 Å². The number of rotatable bonds is 6. The van der Waals surface area contributed by atoms with Gasteiger partial charge in [0.05, 0.1) is 7.11 Å². The van der Waals surface area contributed by atoms with E-state index in [2.05, 4.69) is 15.4 Å². The second-order valence-electron chi connectivity index (χ2n) is 2.56. The molecule has 0 saturated carbocycles. The summed E-state index contributed by atoms with van der Waals surface area (Å²) in [7, 11) is 3.10. The lowest BCUT2D eigenvalue weighted by molar-refractivity contribution is -0.143. The monoisotopic (exact) mass is 188 g/mol. The summed E-state index contributed by atoms with van der Waals surface area (Å²) in [4.78, 5) is 21.6. The van der Waals surface area contributed by atoms with Crippen LogP contribution in [0.15, 0.2) is 0 Å². The number of nitrogens with one attached hydrogen (secondary N) is 2. The Morgan fingerprint density at radius 2 is 2.00 bits per heavy atom. The van der Waals surface area contributed by atoms with Crippen molar-refractivity contribution in [1.82, 2.24) is 10.6 Å². The Balaban J connectivity index is 3.35. The molecule has 0 unspecified atom stereocenters. The molecule has 0 aliphatic heterocycles. The van der Waals surface area contributed by atoms with Gasteiger partial charge in [-0.3, -0.25) is 9.59 Å². The van der Waals surface area contributed by atoms with Crippen LogP contribution in [0, 0.1) is 0 Å². The molecule has 0 aliphatic carbocycles. The molecule has 0 saturated heterocycles. The quantitative estimate of drug-likeness (QED) is 0.328. The first kappa shape index (κ1) is 11.9. The minimum atomic E-state index is -0.508. The first-order valence-electron chi connectivity index (χ1n) is 4.18. The van der Waals surface area contributed by atoms with Gasteiger partial charge in [-0.2, -0.15) is 0 Å². The van der Waals surface area contributed by atoms with Gasteiger partial charge in [-0.25, -0.2) is 0 Å². The molecule has 2 N–H and O–H groups in total. The van der Waals surface area contributed by atoms with E-state index < -0.39 is 5.97 Å². The molecule has 0 rings (SSSR count). The van der Waals surface area contributed by atoms with Gasteiger partial charge in [0.15, 0.2) is 0 Å². The van der Waals surface area contributed by atoms with Crippen molar-refractivity contribution < 1.29 is 14.3 Å². The summed E-state index contributed by atoms with van der Waals surface area (Å²) in [5.74, 6) is -0.797. The molecule has 0 radical (unpaired) electrons. The number of carbonyl (C=O) groups excluding carboxylic acids is 2. The number of carbonyl (C=O) groups is 2. The van der Waals surface area contributed by atoms with Crippen molar-refractivity contribution in [3.8, 4) is 0 Å². The normalized spacial score (nSPS) is 9.38. The molecule has 0 aromatic carbocycles. The van der Waals surface area contributed by atoms with E-state index in [1.54, 1.807) is 0 Å². The highest BCUT2D eigenvalue weighted by molar-refractivity contribution is 5.94. The molecule has 0 heterocycles. The molecule has 0 fully saturated rings. The summed E-state index contributed by atoms with van der Waals surface area (Å²) in [6.45, 7) is 1.43. The third-order valence-electron chi connectivity index (χ3n) is 1.46. The van der Waals surface area contributed by atoms with Gasteiger partial charge in [0.25, 0.3) is 0 Å². The molecule has 5 nitrogen and oxygen atoms in total. The van der Waals surface area contributed by atoms with Crippen LogP contribution in [0.25, 0.3) is 0 Å². The number of methoxy groups -OCH3 is 1. The van der Waals surface area contributed by atoms with Gasteiger partial charge in [0.1, 0.15) is 6.42 Å². The zero-order valence-corrected chi connectivity index (χ0v) is 8.05. The average molecular weight is 188 g/mol. The van der Waals surface area contributed by atoms with Crippen LogP contribution >= 0.6 is 0 Å². The molecule has 1 amide bonds. The minimum absolute atomic E-state index is 0.198. The van der Waals surface area contributed by atoms with E-state index >= 15 is 0 Å². The Morgan fingerprint density at radius 1 is 1.31 bits per heavy atom. The van der Waals surface area contributed by atoms with Gasteiger partial charge in [0.2, 0.25) is 5.91 Å². The Hall–Kier alpha value is -1.10. The van der Waals surface area contributed by atoms with Crippen molar-refractivity contribution in [2.24, 2.45) is 0 Å². The van der Waals surface area contributed by atoms with Crippen LogP contribution in [0.1, 0.15) is 12.8 Å². The van der Waals surface area contributed by atoms with Crippen molar-refractivity contribution in [1.29, 1.82) is 0 Å². The fourth-order valence-corrected chi connectivity index (χ4v) is 0.759. The predicted molar refractivity (Wildman–Crippen MR) is 48.2 cm³/mol. The summed E-state index contributed by atoms with van der Waals surface area (Å²) in [5.41, 5.74) is 0. The highest BCUT2D eigenvalue weighted by atomic mass is 16.5. The van der Waals surface area contributed by atoms with Gasteiger partial charge in [-0.15, -0.1) is 0 Å². The Kier molecular flexibility index (Phi) is 6.91. The van der Waals surface area contributed by atoms with Gasteiger partial charge in [-0.05, 0) is 20.0 Å². The highest BCUT2D eigenvalue weighted by Gasteiger charge is 2.07. The van der Waals surface area contributed by atoms with E-state index in [1.807, 2.05) is 7.05 Å². The number of hydrogen-bond acceptors (Lipinski definition) is 4. The fraction of sp³-hybridized carbons (Fsp3) is 0.750. The average Bonchev–Trinajstić information content (AvgIpc) is 2.12. The van der Waals surface area contributed by atoms with Crippen LogP contribution in [0.4, 0.5) is 0 Å². The van der Waals surface area contributed by atoms with Crippen molar-refractivity contribution in [3.63, 3.8) is 0 Å². The van der Waals surface area contributed by atoms with Gasteiger partial charge in [-0.1, -0.05) is 0 Å². The summed E-state index contributed by atoms with van der Waals surface area (Å²) >= 11 is 0. The zero-order chi connectivity index (χ0) is 10.1. The SMILES string of the molecule is CNCCCNC(=O)CC(=O)OC. The van der Waals surface area contributed by atoms with Crippen LogP contribution < -0.4 is 10.6 Å². The molecule has 13 heavy (non-hydrogen) atoms. The maximum absolute atomic E-state index is 10.9. The molecular formula is C8H16N2O3. The topological polar surface area (TPSA) is 67.4 Å². The van der Waals surface area contributed by atoms with E-state index in [4.69, 9.17) is 0 Å². The lowest BCUT2D eigenvalue weighted by Crippen LogP contribution is -2.28. The van der Waals surface area contributed by atoms with Crippen molar-refractivity contribution in [3.05, 3.63) is 0 Å². The largest absolute Gasteiger partial charge is 0.469 e. The lowest BCUT2D eigenvalue weighted by Gasteiger charge is -2.03. The number of amides is 1. The second kappa shape index (κ2) is 7.54. The lowest BCUT2D eigenvalue weighted by atomic mass is 10.3. The first-order valence-corrected chi connectivity index (χ1v) is 4.18. The van der Waals surface area contributed by atoms with Crippen LogP contribution in [0.5, 0.6) is 0 Å². The third-order valence-corrected chi connectivity index (χ3v) is 1.46. The predicted octanol–water partition coefficient (Wildman–Crippen LogP) is -0.725. The molecule has 5 heteroatoms. The van der Waals surface area contributed by atoms with Crippen LogP contribution in [-0.4, -0.2) is 39.1 Å². The maximum Gasteiger partial charge on any atom is 0.315 e. The van der Waals surface area contributed by atoms with Gasteiger partial charge >= 0.3 is 5.97 Å². The molecule has 0 aliphatic rings. The van der Waals surface area contributed by atoms with E-state index in [9.17, 15) is 9.59 Å². The fourth-order valence-electron chi connectivity index (χ4n) is 0.759. The second-order valence-corrected chi connectivity index (χ2v) is 2.56. The van der Waals surface area contributed by atoms with E-state index in [1.165, 1.54) is 7.11 Å². The van der Waals surface area contributed by atoms with Gasteiger partial charge < -0.3 is 15.4 Å². The summed E-state index contributed by atoms with van der Waals surface area (Å²) in [6, 6.07) is 0. The Labute approximate surface area is 77.8 Å². The van der Waals surface area contributed by atoms with Crippen LogP contribution in [-0.2, 0) is 14.3 Å². The smallest absolute Gasteiger partial charge is 0.315 e. The Morgan fingerprint density at radius 3 is 2.54 bits per heavy atom. The van der Waals surface area contributed by atoms with Crippen LogP contribution in [0.3, 0.4) is 0 Å². The van der Waals surface area contributed by atoms with E-state index in [0.717, 1.165) is 13.0 Å². The molecular weight excluding hydrogens is 172 g/mol. The first-order chi connectivity index (χ1) is 6.20. The number of hydrogen-bond donors (Lipinski definition) is 2. The molecule has 0 aromatic heterocycles. The summed E-state index contributed by atoms with van der Waals surface area (Å²) in [5, 5.41) is 5.55. The highest BCUT2D eigenvalue weighted by Crippen LogP contribution is 1.84. The standard InChI is InChI=1S/C8H16N2O3/c1-9-4-3-5-10-7(11)6-8(12)13-2/h9H,3-6H2,1-2H3,(H,10,11). The molecule has 0 aromatic rings. The van der Waals surface area contributed by atoms with Crippen molar-refractivity contribution in [2.75, 3.05) is 27.2 Å². The summed E-state index contributed by atoms with van der Waals surface area (Å²) < 4.78 is 4.34. The minimum Gasteiger partial charge on any atom is -0.469 e. The third kappa shape index (κ3) is 7.27. The van der Waals surface area contributed by atoms with Crippen molar-refractivity contribution >= 4 is 11.9 Å².